The zero-order valence-electron chi connectivity index (χ0n) is 13.7. The monoisotopic (exact) mass is 417 g/mol. The molecule has 0 radical (unpaired) electrons. The fraction of sp³-hybridized carbons (Fsp3) is 0.312. The SMILES string of the molecule is O=C(CN1CCN(S(=O)(=O)c2ccc(Cl)s2)CC1)Nc1ccccc1F. The van der Waals surface area contributed by atoms with Crippen molar-refractivity contribution in [3.63, 3.8) is 0 Å². The van der Waals surface area contributed by atoms with Crippen LogP contribution in [0.2, 0.25) is 4.34 Å². The Bertz CT molecular complexity index is 896. The molecule has 1 N–H and O–H groups in total. The zero-order chi connectivity index (χ0) is 18.7. The summed E-state index contributed by atoms with van der Waals surface area (Å²) in [6.45, 7) is 1.48. The highest BCUT2D eigenvalue weighted by molar-refractivity contribution is 7.91. The van der Waals surface area contributed by atoms with Gasteiger partial charge in [0.1, 0.15) is 10.0 Å². The number of rotatable bonds is 5. The zero-order valence-corrected chi connectivity index (χ0v) is 16.1. The summed E-state index contributed by atoms with van der Waals surface area (Å²) < 4.78 is 40.7. The number of piperazine rings is 1. The Balaban J connectivity index is 1.54. The van der Waals surface area contributed by atoms with Crippen molar-refractivity contribution in [1.29, 1.82) is 0 Å². The molecule has 3 rings (SSSR count). The minimum Gasteiger partial charge on any atom is -0.322 e. The molecule has 2 heterocycles. The predicted molar refractivity (Wildman–Crippen MR) is 99.6 cm³/mol. The highest BCUT2D eigenvalue weighted by atomic mass is 35.5. The predicted octanol–water partition coefficient (Wildman–Crippen LogP) is 2.49. The molecule has 1 aromatic heterocycles. The van der Waals surface area contributed by atoms with E-state index >= 15 is 0 Å². The summed E-state index contributed by atoms with van der Waals surface area (Å²) in [5.74, 6) is -0.831. The van der Waals surface area contributed by atoms with Gasteiger partial charge in [-0.1, -0.05) is 23.7 Å². The van der Waals surface area contributed by atoms with Gasteiger partial charge in [0.25, 0.3) is 10.0 Å². The van der Waals surface area contributed by atoms with Gasteiger partial charge in [0.15, 0.2) is 0 Å². The van der Waals surface area contributed by atoms with Crippen molar-refractivity contribution in [3.05, 3.63) is 46.6 Å². The van der Waals surface area contributed by atoms with Crippen molar-refractivity contribution in [2.24, 2.45) is 0 Å². The Morgan fingerprint density at radius 1 is 1.15 bits per heavy atom. The van der Waals surface area contributed by atoms with E-state index in [9.17, 15) is 17.6 Å². The summed E-state index contributed by atoms with van der Waals surface area (Å²) in [4.78, 5) is 13.9. The summed E-state index contributed by atoms with van der Waals surface area (Å²) in [5, 5.41) is 2.53. The fourth-order valence-electron chi connectivity index (χ4n) is 2.65. The number of anilines is 1. The lowest BCUT2D eigenvalue weighted by atomic mass is 10.3. The Kier molecular flexibility index (Phi) is 5.93. The number of carbonyl (C=O) groups excluding carboxylic acids is 1. The van der Waals surface area contributed by atoms with Gasteiger partial charge in [-0.25, -0.2) is 12.8 Å². The third kappa shape index (κ3) is 4.41. The van der Waals surface area contributed by atoms with Gasteiger partial charge >= 0.3 is 0 Å². The fourth-order valence-corrected chi connectivity index (χ4v) is 5.71. The second-order valence-electron chi connectivity index (χ2n) is 5.77. The molecule has 1 aliphatic rings. The van der Waals surface area contributed by atoms with Crippen molar-refractivity contribution in [1.82, 2.24) is 9.21 Å². The lowest BCUT2D eigenvalue weighted by molar-refractivity contribution is -0.117. The van der Waals surface area contributed by atoms with Crippen LogP contribution in [-0.4, -0.2) is 56.3 Å². The van der Waals surface area contributed by atoms with E-state index in [0.717, 1.165) is 11.3 Å². The molecule has 1 aromatic carbocycles. The van der Waals surface area contributed by atoms with E-state index in [1.165, 1.54) is 22.5 Å². The average molecular weight is 418 g/mol. The van der Waals surface area contributed by atoms with E-state index in [0.29, 0.717) is 17.4 Å². The largest absolute Gasteiger partial charge is 0.322 e. The van der Waals surface area contributed by atoms with Gasteiger partial charge in [-0.2, -0.15) is 4.31 Å². The number of sulfonamides is 1. The van der Waals surface area contributed by atoms with Crippen LogP contribution < -0.4 is 5.32 Å². The molecule has 1 fully saturated rings. The highest BCUT2D eigenvalue weighted by Gasteiger charge is 2.30. The Labute approximate surface area is 160 Å². The second kappa shape index (κ2) is 8.01. The van der Waals surface area contributed by atoms with Crippen molar-refractivity contribution in [2.45, 2.75) is 4.21 Å². The number of hydrogen-bond acceptors (Lipinski definition) is 5. The normalized spacial score (nSPS) is 16.5. The van der Waals surface area contributed by atoms with Crippen LogP contribution in [0.4, 0.5) is 10.1 Å². The number of hydrogen-bond donors (Lipinski definition) is 1. The topological polar surface area (TPSA) is 69.7 Å². The minimum absolute atomic E-state index is 0.0764. The average Bonchev–Trinajstić information content (AvgIpc) is 3.05. The van der Waals surface area contributed by atoms with Gasteiger partial charge in [0.05, 0.1) is 16.6 Å². The van der Waals surface area contributed by atoms with Crippen molar-refractivity contribution >= 4 is 44.6 Å². The summed E-state index contributed by atoms with van der Waals surface area (Å²) in [6, 6.07) is 9.00. The third-order valence-electron chi connectivity index (χ3n) is 3.99. The molecule has 26 heavy (non-hydrogen) atoms. The second-order valence-corrected chi connectivity index (χ2v) is 9.65. The van der Waals surface area contributed by atoms with Crippen LogP contribution in [0, 0.1) is 5.82 Å². The van der Waals surface area contributed by atoms with Crippen LogP contribution in [0.5, 0.6) is 0 Å². The molecule has 1 saturated heterocycles. The number of carbonyl (C=O) groups is 1. The lowest BCUT2D eigenvalue weighted by Gasteiger charge is -2.33. The Hall–Kier alpha value is -1.52. The van der Waals surface area contributed by atoms with Crippen LogP contribution >= 0.6 is 22.9 Å². The quantitative estimate of drug-likeness (QED) is 0.811. The first-order chi connectivity index (χ1) is 12.4. The molecule has 0 aliphatic carbocycles. The smallest absolute Gasteiger partial charge is 0.252 e. The van der Waals surface area contributed by atoms with Gasteiger partial charge in [-0.3, -0.25) is 9.69 Å². The number of nitrogens with one attached hydrogen (secondary N) is 1. The van der Waals surface area contributed by atoms with Crippen LogP contribution in [-0.2, 0) is 14.8 Å². The molecule has 0 bridgehead atoms. The maximum Gasteiger partial charge on any atom is 0.252 e. The third-order valence-corrected chi connectivity index (χ3v) is 7.59. The molecule has 1 aliphatic heterocycles. The van der Waals surface area contributed by atoms with Crippen LogP contribution in [0.25, 0.3) is 0 Å². The molecule has 140 valence electrons. The van der Waals surface area contributed by atoms with Gasteiger partial charge in [-0.15, -0.1) is 11.3 Å². The summed E-state index contributed by atoms with van der Waals surface area (Å²) in [6.07, 6.45) is 0. The van der Waals surface area contributed by atoms with Crippen molar-refractivity contribution in [3.8, 4) is 0 Å². The molecule has 2 aromatic rings. The molecule has 0 unspecified atom stereocenters. The van der Waals surface area contributed by atoms with Gasteiger partial charge in [0, 0.05) is 26.2 Å². The number of halogens is 2. The molecule has 0 saturated carbocycles. The van der Waals surface area contributed by atoms with Gasteiger partial charge < -0.3 is 5.32 Å². The molecular formula is C16H17ClFN3O3S2. The van der Waals surface area contributed by atoms with E-state index in [1.807, 2.05) is 4.90 Å². The van der Waals surface area contributed by atoms with Gasteiger partial charge in [-0.05, 0) is 24.3 Å². The minimum atomic E-state index is -3.56. The maximum atomic E-state index is 13.6. The van der Waals surface area contributed by atoms with E-state index in [2.05, 4.69) is 5.32 Å². The summed E-state index contributed by atoms with van der Waals surface area (Å²) in [5.41, 5.74) is 0.133. The van der Waals surface area contributed by atoms with Crippen LogP contribution in [0.15, 0.2) is 40.6 Å². The first-order valence-corrected chi connectivity index (χ1v) is 10.5. The van der Waals surface area contributed by atoms with E-state index in [1.54, 1.807) is 18.2 Å². The molecular weight excluding hydrogens is 401 g/mol. The number of para-hydroxylation sites is 1. The van der Waals surface area contributed by atoms with Crippen molar-refractivity contribution < 1.29 is 17.6 Å². The summed E-state index contributed by atoms with van der Waals surface area (Å²) in [7, 11) is -3.56. The van der Waals surface area contributed by atoms with Crippen LogP contribution in [0.1, 0.15) is 0 Å². The molecule has 10 heteroatoms. The molecule has 6 nitrogen and oxygen atoms in total. The number of nitrogens with zero attached hydrogens (tertiary/aromatic N) is 2. The Morgan fingerprint density at radius 2 is 1.85 bits per heavy atom. The van der Waals surface area contributed by atoms with E-state index < -0.39 is 15.8 Å². The van der Waals surface area contributed by atoms with E-state index in [4.69, 9.17) is 11.6 Å². The first kappa shape index (κ1) is 19.2. The maximum absolute atomic E-state index is 13.6. The lowest BCUT2D eigenvalue weighted by Crippen LogP contribution is -2.50. The standard InChI is InChI=1S/C16H17ClFN3O3S2/c17-14-5-6-16(25-14)26(23,24)21-9-7-20(8-10-21)11-15(22)19-13-4-2-1-3-12(13)18/h1-6H,7-11H2,(H,19,22). The highest BCUT2D eigenvalue weighted by Crippen LogP contribution is 2.28. The number of benzene rings is 1. The van der Waals surface area contributed by atoms with Crippen LogP contribution in [0.3, 0.4) is 0 Å². The Morgan fingerprint density at radius 3 is 2.46 bits per heavy atom. The molecule has 0 atom stereocenters. The molecule has 1 amide bonds. The van der Waals surface area contributed by atoms with Crippen molar-refractivity contribution in [2.75, 3.05) is 38.0 Å². The number of amides is 1. The molecule has 0 spiro atoms. The first-order valence-electron chi connectivity index (χ1n) is 7.88. The van der Waals surface area contributed by atoms with Gasteiger partial charge in [0.2, 0.25) is 5.91 Å². The number of thiophene rings is 1. The summed E-state index contributed by atoms with van der Waals surface area (Å²) >= 11 is 6.84. The van der Waals surface area contributed by atoms with E-state index in [-0.39, 0.29) is 35.4 Å².